The van der Waals surface area contributed by atoms with E-state index in [1.165, 1.54) is 24.2 Å². The lowest BCUT2D eigenvalue weighted by atomic mass is 10.3. The summed E-state index contributed by atoms with van der Waals surface area (Å²) in [5, 5.41) is 0. The largest absolute Gasteiger partial charge is 0.483 e. The van der Waals surface area contributed by atoms with Crippen molar-refractivity contribution in [3.05, 3.63) is 11.3 Å². The fourth-order valence-corrected chi connectivity index (χ4v) is 1.16. The summed E-state index contributed by atoms with van der Waals surface area (Å²) in [4.78, 5) is 0. The topological polar surface area (TPSA) is 12.5 Å². The number of epoxide rings is 1. The van der Waals surface area contributed by atoms with Crippen LogP contribution in [0.2, 0.25) is 0 Å². The molecule has 7 heavy (non-hydrogen) atoms. The van der Waals surface area contributed by atoms with Gasteiger partial charge in [-0.3, -0.25) is 0 Å². The van der Waals surface area contributed by atoms with E-state index in [9.17, 15) is 0 Å². The molecule has 0 saturated carbocycles. The van der Waals surface area contributed by atoms with E-state index in [0.29, 0.717) is 6.10 Å². The SMILES string of the molecule is CC1=C2OC2CC1. The number of fused-ring (bicyclic) bond motifs is 1. The van der Waals surface area contributed by atoms with E-state index < -0.39 is 0 Å². The molecule has 1 aliphatic heterocycles. The average Bonchev–Trinajstić information content (AvgIpc) is 2.33. The van der Waals surface area contributed by atoms with Gasteiger partial charge in [0.05, 0.1) is 0 Å². The van der Waals surface area contributed by atoms with Crippen LogP contribution in [0.4, 0.5) is 0 Å². The van der Waals surface area contributed by atoms with Gasteiger partial charge in [0.15, 0.2) is 6.10 Å². The van der Waals surface area contributed by atoms with Gasteiger partial charge in [-0.1, -0.05) is 0 Å². The highest BCUT2D eigenvalue weighted by Crippen LogP contribution is 2.41. The highest BCUT2D eigenvalue weighted by molar-refractivity contribution is 5.26. The zero-order valence-electron chi connectivity index (χ0n) is 4.40. The Bertz CT molecular complexity index is 135. The Morgan fingerprint density at radius 3 is 2.71 bits per heavy atom. The molecule has 0 bridgehead atoms. The number of hydrogen-bond donors (Lipinski definition) is 0. The van der Waals surface area contributed by atoms with Crippen LogP contribution in [0.3, 0.4) is 0 Å². The van der Waals surface area contributed by atoms with Crippen LogP contribution in [-0.2, 0) is 4.74 Å². The van der Waals surface area contributed by atoms with Crippen molar-refractivity contribution in [1.82, 2.24) is 0 Å². The average molecular weight is 96.1 g/mol. The van der Waals surface area contributed by atoms with Gasteiger partial charge in [-0.2, -0.15) is 0 Å². The number of allylic oxidation sites excluding steroid dienone is 1. The van der Waals surface area contributed by atoms with E-state index >= 15 is 0 Å². The molecule has 1 heteroatoms. The van der Waals surface area contributed by atoms with E-state index in [1.807, 2.05) is 0 Å². The lowest BCUT2D eigenvalue weighted by molar-refractivity contribution is 0.399. The van der Waals surface area contributed by atoms with E-state index in [2.05, 4.69) is 6.92 Å². The van der Waals surface area contributed by atoms with Gasteiger partial charge in [0.1, 0.15) is 5.76 Å². The summed E-state index contributed by atoms with van der Waals surface area (Å²) >= 11 is 0. The molecule has 1 atom stereocenters. The van der Waals surface area contributed by atoms with Crippen LogP contribution < -0.4 is 0 Å². The number of rotatable bonds is 0. The highest BCUT2D eigenvalue weighted by atomic mass is 16.6. The molecule has 0 aromatic heterocycles. The Hall–Kier alpha value is -0.460. The molecule has 1 saturated heterocycles. The van der Waals surface area contributed by atoms with E-state index in [1.54, 1.807) is 0 Å². The Balaban J connectivity index is 2.36. The Morgan fingerprint density at radius 1 is 1.71 bits per heavy atom. The van der Waals surface area contributed by atoms with Crippen molar-refractivity contribution in [3.63, 3.8) is 0 Å². The second-order valence-corrected chi connectivity index (χ2v) is 2.29. The fraction of sp³-hybridized carbons (Fsp3) is 0.667. The minimum atomic E-state index is 0.569. The minimum absolute atomic E-state index is 0.569. The first-order chi connectivity index (χ1) is 3.38. The first kappa shape index (κ1) is 3.53. The summed E-state index contributed by atoms with van der Waals surface area (Å²) in [5.41, 5.74) is 1.48. The molecule has 2 aliphatic rings. The Morgan fingerprint density at radius 2 is 2.57 bits per heavy atom. The van der Waals surface area contributed by atoms with E-state index in [0.717, 1.165) is 0 Å². The van der Waals surface area contributed by atoms with Gasteiger partial charge in [-0.15, -0.1) is 0 Å². The van der Waals surface area contributed by atoms with E-state index in [-0.39, 0.29) is 0 Å². The monoisotopic (exact) mass is 96.1 g/mol. The summed E-state index contributed by atoms with van der Waals surface area (Å²) in [6.45, 7) is 2.16. The summed E-state index contributed by atoms with van der Waals surface area (Å²) in [7, 11) is 0. The van der Waals surface area contributed by atoms with Crippen LogP contribution >= 0.6 is 0 Å². The van der Waals surface area contributed by atoms with Gasteiger partial charge in [-0.05, 0) is 25.3 Å². The molecular formula is C6H8O. The second-order valence-electron chi connectivity index (χ2n) is 2.29. The van der Waals surface area contributed by atoms with Gasteiger partial charge in [0.25, 0.3) is 0 Å². The summed E-state index contributed by atoms with van der Waals surface area (Å²) < 4.78 is 5.14. The maximum Gasteiger partial charge on any atom is 0.155 e. The third-order valence-electron chi connectivity index (χ3n) is 1.71. The van der Waals surface area contributed by atoms with Crippen LogP contribution in [0.15, 0.2) is 11.3 Å². The lowest BCUT2D eigenvalue weighted by Crippen LogP contribution is -1.75. The van der Waals surface area contributed by atoms with Crippen molar-refractivity contribution >= 4 is 0 Å². The van der Waals surface area contributed by atoms with Crippen molar-refractivity contribution in [1.29, 1.82) is 0 Å². The van der Waals surface area contributed by atoms with Gasteiger partial charge in [-0.25, -0.2) is 0 Å². The smallest absolute Gasteiger partial charge is 0.155 e. The first-order valence-corrected chi connectivity index (χ1v) is 2.74. The normalized spacial score (nSPS) is 35.3. The third kappa shape index (κ3) is 0.328. The molecule has 0 aromatic rings. The summed E-state index contributed by atoms with van der Waals surface area (Å²) in [6.07, 6.45) is 3.10. The summed E-state index contributed by atoms with van der Waals surface area (Å²) in [6, 6.07) is 0. The highest BCUT2D eigenvalue weighted by Gasteiger charge is 2.39. The molecule has 0 aromatic carbocycles. The maximum atomic E-state index is 5.14. The molecule has 1 unspecified atom stereocenters. The predicted molar refractivity (Wildman–Crippen MR) is 26.8 cm³/mol. The van der Waals surface area contributed by atoms with Crippen molar-refractivity contribution in [3.8, 4) is 0 Å². The number of ether oxygens (including phenoxy) is 1. The van der Waals surface area contributed by atoms with Crippen molar-refractivity contribution < 1.29 is 4.74 Å². The van der Waals surface area contributed by atoms with Crippen LogP contribution in [-0.4, -0.2) is 6.10 Å². The molecule has 0 radical (unpaired) electrons. The zero-order chi connectivity index (χ0) is 4.85. The molecule has 0 spiro atoms. The molecule has 2 rings (SSSR count). The van der Waals surface area contributed by atoms with Crippen LogP contribution in [0.25, 0.3) is 0 Å². The lowest BCUT2D eigenvalue weighted by Gasteiger charge is -1.87. The van der Waals surface area contributed by atoms with Crippen molar-refractivity contribution in [2.75, 3.05) is 0 Å². The number of hydrogen-bond acceptors (Lipinski definition) is 1. The Labute approximate surface area is 43.0 Å². The van der Waals surface area contributed by atoms with Crippen molar-refractivity contribution in [2.45, 2.75) is 25.9 Å². The molecule has 1 fully saturated rings. The first-order valence-electron chi connectivity index (χ1n) is 2.74. The molecule has 1 heterocycles. The second kappa shape index (κ2) is 0.857. The minimum Gasteiger partial charge on any atom is -0.483 e. The maximum absolute atomic E-state index is 5.14. The van der Waals surface area contributed by atoms with Crippen LogP contribution in [0, 0.1) is 0 Å². The van der Waals surface area contributed by atoms with Gasteiger partial charge >= 0.3 is 0 Å². The predicted octanol–water partition coefficient (Wildman–Crippen LogP) is 1.45. The molecule has 38 valence electrons. The van der Waals surface area contributed by atoms with Gasteiger partial charge < -0.3 is 4.74 Å². The third-order valence-corrected chi connectivity index (χ3v) is 1.71. The molecule has 0 amide bonds. The summed E-state index contributed by atoms with van der Waals surface area (Å²) in [5.74, 6) is 1.29. The van der Waals surface area contributed by atoms with Crippen molar-refractivity contribution in [2.24, 2.45) is 0 Å². The molecule has 0 N–H and O–H groups in total. The quantitative estimate of drug-likeness (QED) is 0.416. The van der Waals surface area contributed by atoms with Crippen LogP contribution in [0.1, 0.15) is 19.8 Å². The fourth-order valence-electron chi connectivity index (χ4n) is 1.16. The van der Waals surface area contributed by atoms with Gasteiger partial charge in [0, 0.05) is 0 Å². The molecule has 1 nitrogen and oxygen atoms in total. The Kier molecular flexibility index (Phi) is 0.432. The van der Waals surface area contributed by atoms with Gasteiger partial charge in [0.2, 0.25) is 0 Å². The molecular weight excluding hydrogens is 88.1 g/mol. The molecule has 1 aliphatic carbocycles. The van der Waals surface area contributed by atoms with E-state index in [4.69, 9.17) is 4.74 Å². The standard InChI is InChI=1S/C6H8O/c1-4-2-3-5-6(4)7-5/h5H,2-3H2,1H3. The zero-order valence-corrected chi connectivity index (χ0v) is 4.40. The van der Waals surface area contributed by atoms with Crippen LogP contribution in [0.5, 0.6) is 0 Å².